The molecule has 0 aliphatic carbocycles. The molecule has 3 aromatic rings. The number of carbonyl (C=O) groups excluding carboxylic acids is 1. The maximum Gasteiger partial charge on any atom is 0.255 e. The summed E-state index contributed by atoms with van der Waals surface area (Å²) in [5.41, 5.74) is 1.80. The van der Waals surface area contributed by atoms with Crippen molar-refractivity contribution in [1.82, 2.24) is 4.57 Å². The maximum atomic E-state index is 12.4. The van der Waals surface area contributed by atoms with Gasteiger partial charge in [-0.15, -0.1) is 0 Å². The van der Waals surface area contributed by atoms with Crippen molar-refractivity contribution >= 4 is 22.9 Å². The van der Waals surface area contributed by atoms with Gasteiger partial charge in [0.25, 0.3) is 5.91 Å². The summed E-state index contributed by atoms with van der Waals surface area (Å²) in [4.78, 5) is 12.4. The second-order valence-corrected chi connectivity index (χ2v) is 5.06. The molecular weight excluding hydrogens is 290 g/mol. The summed E-state index contributed by atoms with van der Waals surface area (Å²) in [6, 6.07) is 15.1. The molecule has 0 unspecified atom stereocenters. The minimum absolute atomic E-state index is 0.0963. The van der Waals surface area contributed by atoms with Crippen LogP contribution < -0.4 is 9.47 Å². The van der Waals surface area contributed by atoms with E-state index in [2.05, 4.69) is 0 Å². The minimum atomic E-state index is -0.0963. The second-order valence-electron chi connectivity index (χ2n) is 5.06. The Kier molecular flexibility index (Phi) is 4.15. The number of rotatable bonds is 4. The van der Waals surface area contributed by atoms with Crippen molar-refractivity contribution in [3.05, 3.63) is 66.4 Å². The Hall–Kier alpha value is -3.01. The zero-order valence-corrected chi connectivity index (χ0v) is 13.0. The molecule has 23 heavy (non-hydrogen) atoms. The molecule has 2 aromatic carbocycles. The fourth-order valence-electron chi connectivity index (χ4n) is 2.40. The number of carbonyl (C=O) groups is 1. The van der Waals surface area contributed by atoms with Crippen LogP contribution in [0, 0.1) is 0 Å². The summed E-state index contributed by atoms with van der Waals surface area (Å²) in [6.07, 6.45) is 5.12. The molecule has 0 N–H and O–H groups in total. The van der Waals surface area contributed by atoms with E-state index in [4.69, 9.17) is 9.47 Å². The van der Waals surface area contributed by atoms with Crippen molar-refractivity contribution in [2.45, 2.75) is 0 Å². The zero-order chi connectivity index (χ0) is 16.2. The van der Waals surface area contributed by atoms with Gasteiger partial charge in [-0.05, 0) is 48.0 Å². The Balaban J connectivity index is 1.83. The molecule has 116 valence electrons. The number of aromatic nitrogens is 1. The van der Waals surface area contributed by atoms with Crippen LogP contribution in [-0.2, 0) is 0 Å². The van der Waals surface area contributed by atoms with E-state index in [0.717, 1.165) is 28.0 Å². The van der Waals surface area contributed by atoms with Crippen molar-refractivity contribution < 1.29 is 14.3 Å². The zero-order valence-electron chi connectivity index (χ0n) is 13.0. The van der Waals surface area contributed by atoms with Crippen molar-refractivity contribution in [3.63, 3.8) is 0 Å². The fraction of sp³-hybridized carbons (Fsp3) is 0.105. The van der Waals surface area contributed by atoms with Crippen LogP contribution in [-0.4, -0.2) is 24.7 Å². The van der Waals surface area contributed by atoms with Gasteiger partial charge in [0.05, 0.1) is 19.7 Å². The first kappa shape index (κ1) is 14.9. The third kappa shape index (κ3) is 3.11. The number of fused-ring (bicyclic) bond motifs is 1. The van der Waals surface area contributed by atoms with E-state index in [0.29, 0.717) is 0 Å². The smallest absolute Gasteiger partial charge is 0.255 e. The average molecular weight is 307 g/mol. The molecule has 0 atom stereocenters. The van der Waals surface area contributed by atoms with Crippen LogP contribution in [0.3, 0.4) is 0 Å². The first-order valence-corrected chi connectivity index (χ1v) is 7.23. The maximum absolute atomic E-state index is 12.4. The van der Waals surface area contributed by atoms with Gasteiger partial charge in [0, 0.05) is 17.7 Å². The molecule has 0 amide bonds. The highest BCUT2D eigenvalue weighted by atomic mass is 16.5. The van der Waals surface area contributed by atoms with Gasteiger partial charge >= 0.3 is 0 Å². The number of hydrogen-bond donors (Lipinski definition) is 0. The molecule has 1 heterocycles. The fourth-order valence-corrected chi connectivity index (χ4v) is 2.40. The summed E-state index contributed by atoms with van der Waals surface area (Å²) in [7, 11) is 3.25. The standard InChI is InChI=1S/C19H17NO3/c1-22-16-6-3-14(4-7-16)5-10-19(21)20-12-11-15-13-17(23-2)8-9-18(15)20/h3-13H,1-2H3/b10-5+. The van der Waals surface area contributed by atoms with Gasteiger partial charge in [0.1, 0.15) is 11.5 Å². The normalized spacial score (nSPS) is 11.0. The molecule has 0 aliphatic heterocycles. The molecule has 0 spiro atoms. The number of nitrogens with zero attached hydrogens (tertiary/aromatic N) is 1. The summed E-state index contributed by atoms with van der Waals surface area (Å²) in [5, 5.41) is 0.968. The Morgan fingerprint density at radius 2 is 1.65 bits per heavy atom. The number of ether oxygens (including phenoxy) is 2. The third-order valence-corrected chi connectivity index (χ3v) is 3.67. The predicted molar refractivity (Wildman–Crippen MR) is 91.1 cm³/mol. The van der Waals surface area contributed by atoms with Crippen LogP contribution in [0.5, 0.6) is 11.5 Å². The van der Waals surface area contributed by atoms with Gasteiger partial charge in [0.2, 0.25) is 0 Å². The highest BCUT2D eigenvalue weighted by molar-refractivity contribution is 6.00. The molecule has 4 nitrogen and oxygen atoms in total. The molecule has 0 saturated heterocycles. The highest BCUT2D eigenvalue weighted by Gasteiger charge is 2.07. The van der Waals surface area contributed by atoms with Gasteiger partial charge in [-0.25, -0.2) is 0 Å². The van der Waals surface area contributed by atoms with Gasteiger partial charge in [0.15, 0.2) is 0 Å². The largest absolute Gasteiger partial charge is 0.497 e. The van der Waals surface area contributed by atoms with Crippen LogP contribution in [0.4, 0.5) is 0 Å². The quantitative estimate of drug-likeness (QED) is 0.684. The van der Waals surface area contributed by atoms with Crippen molar-refractivity contribution in [2.24, 2.45) is 0 Å². The lowest BCUT2D eigenvalue weighted by atomic mass is 10.2. The Bertz CT molecular complexity index is 860. The summed E-state index contributed by atoms with van der Waals surface area (Å²) >= 11 is 0. The number of methoxy groups -OCH3 is 2. The van der Waals surface area contributed by atoms with E-state index >= 15 is 0 Å². The van der Waals surface area contributed by atoms with Crippen LogP contribution in [0.1, 0.15) is 10.4 Å². The van der Waals surface area contributed by atoms with E-state index in [-0.39, 0.29) is 5.91 Å². The molecule has 0 fully saturated rings. The van der Waals surface area contributed by atoms with Gasteiger partial charge in [-0.2, -0.15) is 0 Å². The summed E-state index contributed by atoms with van der Waals surface area (Å²) < 4.78 is 11.9. The Morgan fingerprint density at radius 1 is 0.957 bits per heavy atom. The molecule has 0 radical (unpaired) electrons. The van der Waals surface area contributed by atoms with Crippen LogP contribution in [0.15, 0.2) is 60.8 Å². The van der Waals surface area contributed by atoms with Crippen molar-refractivity contribution in [1.29, 1.82) is 0 Å². The van der Waals surface area contributed by atoms with Crippen molar-refractivity contribution in [3.8, 4) is 11.5 Å². The summed E-state index contributed by atoms with van der Waals surface area (Å²) in [6.45, 7) is 0. The average Bonchev–Trinajstić information content (AvgIpc) is 3.03. The van der Waals surface area contributed by atoms with Crippen LogP contribution in [0.25, 0.3) is 17.0 Å². The Labute approximate surface area is 134 Å². The number of benzene rings is 2. The van der Waals surface area contributed by atoms with E-state index in [1.165, 1.54) is 0 Å². The molecule has 1 aromatic heterocycles. The number of hydrogen-bond acceptors (Lipinski definition) is 3. The first-order valence-electron chi connectivity index (χ1n) is 7.23. The monoisotopic (exact) mass is 307 g/mol. The van der Waals surface area contributed by atoms with Crippen molar-refractivity contribution in [2.75, 3.05) is 14.2 Å². The minimum Gasteiger partial charge on any atom is -0.497 e. The van der Waals surface area contributed by atoms with E-state index in [1.54, 1.807) is 37.1 Å². The van der Waals surface area contributed by atoms with Gasteiger partial charge in [-0.3, -0.25) is 9.36 Å². The van der Waals surface area contributed by atoms with Crippen LogP contribution in [0.2, 0.25) is 0 Å². The van der Waals surface area contributed by atoms with E-state index in [9.17, 15) is 4.79 Å². The highest BCUT2D eigenvalue weighted by Crippen LogP contribution is 2.22. The van der Waals surface area contributed by atoms with Crippen LogP contribution >= 0.6 is 0 Å². The van der Waals surface area contributed by atoms with E-state index < -0.39 is 0 Å². The number of allylic oxidation sites excluding steroid dienone is 1. The lowest BCUT2D eigenvalue weighted by molar-refractivity contribution is 0.0975. The van der Waals surface area contributed by atoms with Gasteiger partial charge < -0.3 is 9.47 Å². The third-order valence-electron chi connectivity index (χ3n) is 3.67. The predicted octanol–water partition coefficient (Wildman–Crippen LogP) is 4.01. The lowest BCUT2D eigenvalue weighted by Crippen LogP contribution is -2.04. The summed E-state index contributed by atoms with van der Waals surface area (Å²) in [5.74, 6) is 1.47. The molecule has 0 bridgehead atoms. The van der Waals surface area contributed by atoms with E-state index in [1.807, 2.05) is 48.5 Å². The molecular formula is C19H17NO3. The lowest BCUT2D eigenvalue weighted by Gasteiger charge is -2.02. The second kappa shape index (κ2) is 6.40. The topological polar surface area (TPSA) is 40.5 Å². The van der Waals surface area contributed by atoms with Gasteiger partial charge in [-0.1, -0.05) is 12.1 Å². The first-order chi connectivity index (χ1) is 11.2. The Morgan fingerprint density at radius 3 is 2.35 bits per heavy atom. The SMILES string of the molecule is COc1ccc(/C=C/C(=O)n2ccc3cc(OC)ccc32)cc1. The molecule has 3 rings (SSSR count). The molecule has 4 heteroatoms. The molecule has 0 saturated carbocycles. The molecule has 0 aliphatic rings.